The fourth-order valence-corrected chi connectivity index (χ4v) is 2.64. The van der Waals surface area contributed by atoms with E-state index in [1.165, 1.54) is 18.2 Å². The zero-order valence-corrected chi connectivity index (χ0v) is 12.6. The van der Waals surface area contributed by atoms with Gasteiger partial charge in [0.25, 0.3) is 0 Å². The first kappa shape index (κ1) is 16.4. The summed E-state index contributed by atoms with van der Waals surface area (Å²) >= 11 is 0. The van der Waals surface area contributed by atoms with Crippen LogP contribution in [0.2, 0.25) is 0 Å². The lowest BCUT2D eigenvalue weighted by molar-refractivity contribution is -0.121. The van der Waals surface area contributed by atoms with Gasteiger partial charge in [0.05, 0.1) is 11.9 Å². The summed E-state index contributed by atoms with van der Waals surface area (Å²) in [5.74, 6) is -0.910. The number of amides is 1. The second-order valence-electron chi connectivity index (χ2n) is 4.76. The van der Waals surface area contributed by atoms with E-state index in [1.54, 1.807) is 6.07 Å². The van der Waals surface area contributed by atoms with Crippen LogP contribution in [0.4, 0.5) is 10.1 Å². The monoisotopic (exact) mass is 302 g/mol. The second kappa shape index (κ2) is 6.69. The molecule has 1 aromatic carbocycles. The molecule has 0 aliphatic heterocycles. The molecule has 1 N–H and O–H groups in total. The van der Waals surface area contributed by atoms with Crippen LogP contribution in [0, 0.1) is 5.82 Å². The zero-order chi connectivity index (χ0) is 15.3. The SMILES string of the molecule is CC(C)NC(=O)CCN(c1ccccc1F)S(C)(=O)=O. The summed E-state index contributed by atoms with van der Waals surface area (Å²) in [7, 11) is -3.65. The van der Waals surface area contributed by atoms with Crippen LogP contribution in [0.25, 0.3) is 0 Å². The predicted molar refractivity (Wildman–Crippen MR) is 76.5 cm³/mol. The fourth-order valence-electron chi connectivity index (χ4n) is 1.72. The molecule has 0 atom stereocenters. The van der Waals surface area contributed by atoms with Gasteiger partial charge in [0.15, 0.2) is 0 Å². The third-order valence-electron chi connectivity index (χ3n) is 2.51. The molecule has 112 valence electrons. The number of hydrogen-bond donors (Lipinski definition) is 1. The number of sulfonamides is 1. The highest BCUT2D eigenvalue weighted by Crippen LogP contribution is 2.21. The molecule has 1 aromatic rings. The largest absolute Gasteiger partial charge is 0.354 e. The lowest BCUT2D eigenvalue weighted by atomic mass is 10.3. The Balaban J connectivity index is 2.88. The molecule has 0 unspecified atom stereocenters. The van der Waals surface area contributed by atoms with E-state index in [0.717, 1.165) is 10.6 Å². The number of para-hydroxylation sites is 1. The highest BCUT2D eigenvalue weighted by molar-refractivity contribution is 7.92. The van der Waals surface area contributed by atoms with Crippen molar-refractivity contribution >= 4 is 21.6 Å². The van der Waals surface area contributed by atoms with Crippen molar-refractivity contribution in [2.24, 2.45) is 0 Å². The minimum absolute atomic E-state index is 0.0253. The van der Waals surface area contributed by atoms with Crippen molar-refractivity contribution in [3.63, 3.8) is 0 Å². The van der Waals surface area contributed by atoms with E-state index < -0.39 is 15.8 Å². The number of halogens is 1. The van der Waals surface area contributed by atoms with Crippen LogP contribution in [-0.4, -0.2) is 33.2 Å². The minimum Gasteiger partial charge on any atom is -0.354 e. The van der Waals surface area contributed by atoms with Gasteiger partial charge in [-0.1, -0.05) is 12.1 Å². The molecule has 0 aliphatic rings. The molecule has 0 heterocycles. The van der Waals surface area contributed by atoms with Crippen LogP contribution in [0.15, 0.2) is 24.3 Å². The molecule has 7 heteroatoms. The maximum absolute atomic E-state index is 13.7. The van der Waals surface area contributed by atoms with Gasteiger partial charge in [-0.25, -0.2) is 12.8 Å². The summed E-state index contributed by atoms with van der Waals surface area (Å²) in [4.78, 5) is 11.6. The number of carbonyl (C=O) groups excluding carboxylic acids is 1. The highest BCUT2D eigenvalue weighted by Gasteiger charge is 2.21. The van der Waals surface area contributed by atoms with Gasteiger partial charge in [-0.2, -0.15) is 0 Å². The van der Waals surface area contributed by atoms with Crippen LogP contribution >= 0.6 is 0 Å². The molecule has 0 spiro atoms. The van der Waals surface area contributed by atoms with Crippen LogP contribution < -0.4 is 9.62 Å². The van der Waals surface area contributed by atoms with E-state index in [0.29, 0.717) is 0 Å². The molecule has 20 heavy (non-hydrogen) atoms. The van der Waals surface area contributed by atoms with Crippen molar-refractivity contribution < 1.29 is 17.6 Å². The summed E-state index contributed by atoms with van der Waals surface area (Å²) in [6.45, 7) is 3.52. The lowest BCUT2D eigenvalue weighted by Crippen LogP contribution is -2.37. The molecular weight excluding hydrogens is 283 g/mol. The van der Waals surface area contributed by atoms with Crippen molar-refractivity contribution in [2.45, 2.75) is 26.3 Å². The Bertz CT molecular complexity index is 573. The summed E-state index contributed by atoms with van der Waals surface area (Å²) in [5.41, 5.74) is -0.0488. The van der Waals surface area contributed by atoms with Crippen molar-refractivity contribution in [3.05, 3.63) is 30.1 Å². The first-order valence-electron chi connectivity index (χ1n) is 6.23. The van der Waals surface area contributed by atoms with E-state index >= 15 is 0 Å². The Morgan fingerprint density at radius 1 is 1.35 bits per heavy atom. The molecule has 0 fully saturated rings. The molecule has 0 bridgehead atoms. The molecule has 5 nitrogen and oxygen atoms in total. The van der Waals surface area contributed by atoms with Gasteiger partial charge in [-0.15, -0.1) is 0 Å². The van der Waals surface area contributed by atoms with E-state index in [-0.39, 0.29) is 30.6 Å². The van der Waals surface area contributed by atoms with E-state index in [9.17, 15) is 17.6 Å². The van der Waals surface area contributed by atoms with Gasteiger partial charge in [-0.05, 0) is 26.0 Å². The zero-order valence-electron chi connectivity index (χ0n) is 11.8. The third kappa shape index (κ3) is 4.80. The van der Waals surface area contributed by atoms with Gasteiger partial charge in [0.1, 0.15) is 5.82 Å². The Morgan fingerprint density at radius 2 is 1.95 bits per heavy atom. The number of nitrogens with one attached hydrogen (secondary N) is 1. The van der Waals surface area contributed by atoms with Gasteiger partial charge in [0.2, 0.25) is 15.9 Å². The second-order valence-corrected chi connectivity index (χ2v) is 6.67. The molecular formula is C13H19FN2O3S. The molecule has 1 amide bonds. The topological polar surface area (TPSA) is 66.5 Å². The Hall–Kier alpha value is -1.63. The molecule has 0 saturated heterocycles. The molecule has 0 aromatic heterocycles. The first-order valence-corrected chi connectivity index (χ1v) is 8.08. The molecule has 0 aliphatic carbocycles. The van der Waals surface area contributed by atoms with Crippen LogP contribution in [0.3, 0.4) is 0 Å². The van der Waals surface area contributed by atoms with E-state index in [1.807, 2.05) is 13.8 Å². The summed E-state index contributed by atoms with van der Waals surface area (Å²) < 4.78 is 38.1. The summed E-state index contributed by atoms with van der Waals surface area (Å²) in [5, 5.41) is 2.66. The Kier molecular flexibility index (Phi) is 5.50. The third-order valence-corrected chi connectivity index (χ3v) is 3.69. The van der Waals surface area contributed by atoms with Gasteiger partial charge < -0.3 is 5.32 Å². The van der Waals surface area contributed by atoms with Crippen LogP contribution in [-0.2, 0) is 14.8 Å². The highest BCUT2D eigenvalue weighted by atomic mass is 32.2. The van der Waals surface area contributed by atoms with Crippen molar-refractivity contribution in [1.82, 2.24) is 5.32 Å². The first-order chi connectivity index (χ1) is 9.21. The number of hydrogen-bond acceptors (Lipinski definition) is 3. The molecule has 0 radical (unpaired) electrons. The molecule has 0 saturated carbocycles. The van der Waals surface area contributed by atoms with E-state index in [2.05, 4.69) is 5.32 Å². The molecule has 1 rings (SSSR count). The van der Waals surface area contributed by atoms with Crippen molar-refractivity contribution in [1.29, 1.82) is 0 Å². The number of nitrogens with zero attached hydrogens (tertiary/aromatic N) is 1. The number of anilines is 1. The number of benzene rings is 1. The van der Waals surface area contributed by atoms with Crippen LogP contribution in [0.1, 0.15) is 20.3 Å². The standard InChI is InChI=1S/C13H19FN2O3S/c1-10(2)15-13(17)8-9-16(20(3,18)19)12-7-5-4-6-11(12)14/h4-7,10H,8-9H2,1-3H3,(H,15,17). The smallest absolute Gasteiger partial charge is 0.232 e. The van der Waals surface area contributed by atoms with Gasteiger partial charge >= 0.3 is 0 Å². The van der Waals surface area contributed by atoms with Gasteiger partial charge in [0, 0.05) is 19.0 Å². The quantitative estimate of drug-likeness (QED) is 0.866. The lowest BCUT2D eigenvalue weighted by Gasteiger charge is -2.22. The van der Waals surface area contributed by atoms with Crippen molar-refractivity contribution in [3.8, 4) is 0 Å². The van der Waals surface area contributed by atoms with Crippen LogP contribution in [0.5, 0.6) is 0 Å². The Labute approximate surface area is 118 Å². The fraction of sp³-hybridized carbons (Fsp3) is 0.462. The average Bonchev–Trinajstić information content (AvgIpc) is 2.29. The number of rotatable bonds is 6. The maximum Gasteiger partial charge on any atom is 0.232 e. The van der Waals surface area contributed by atoms with Crippen molar-refractivity contribution in [2.75, 3.05) is 17.1 Å². The Morgan fingerprint density at radius 3 is 2.45 bits per heavy atom. The minimum atomic E-state index is -3.65. The predicted octanol–water partition coefficient (Wildman–Crippen LogP) is 1.51. The average molecular weight is 302 g/mol. The number of carbonyl (C=O) groups is 1. The summed E-state index contributed by atoms with van der Waals surface area (Å²) in [6.07, 6.45) is 0.958. The normalized spacial score (nSPS) is 11.4. The maximum atomic E-state index is 13.7. The van der Waals surface area contributed by atoms with E-state index in [4.69, 9.17) is 0 Å². The van der Waals surface area contributed by atoms with Gasteiger partial charge in [-0.3, -0.25) is 9.10 Å². The summed E-state index contributed by atoms with van der Waals surface area (Å²) in [6, 6.07) is 5.55.